The SMILES string of the molecule is C[Si](C)(C)OC(=O)[C@@H]1[C@H]2C=C[C@@H]([C@@H]3C=C[C@H]32)[C@H]1C(=O)O[Si](C)(C)C. The Morgan fingerprint density at radius 2 is 0.917 bits per heavy atom. The van der Waals surface area contributed by atoms with Gasteiger partial charge in [-0.2, -0.15) is 0 Å². The van der Waals surface area contributed by atoms with E-state index in [1.165, 1.54) is 0 Å². The molecule has 0 amide bonds. The lowest BCUT2D eigenvalue weighted by molar-refractivity contribution is -0.161. The molecule has 0 radical (unpaired) electrons. The zero-order valence-electron chi connectivity index (χ0n) is 15.4. The van der Waals surface area contributed by atoms with Crippen LogP contribution in [0.25, 0.3) is 0 Å². The van der Waals surface area contributed by atoms with E-state index in [-0.39, 0.29) is 23.8 Å². The van der Waals surface area contributed by atoms with E-state index in [1.807, 2.05) is 39.3 Å². The number of hydrogen-bond donors (Lipinski definition) is 0. The Kier molecular flexibility index (Phi) is 4.19. The normalized spacial score (nSPS) is 36.8. The van der Waals surface area contributed by atoms with Crippen molar-refractivity contribution in [1.82, 2.24) is 0 Å². The first-order chi connectivity index (χ1) is 11.0. The summed E-state index contributed by atoms with van der Waals surface area (Å²) >= 11 is 0. The van der Waals surface area contributed by atoms with E-state index in [9.17, 15) is 9.59 Å². The van der Waals surface area contributed by atoms with E-state index in [0.29, 0.717) is 11.8 Å². The Hall–Kier alpha value is -1.15. The standard InChI is InChI=1S/C18H28O4Si2/c1-23(2,3)21-17(19)15-13-9-10-14(12-8-7-11(12)13)16(15)18(20)22-24(4,5)6/h7-16H,1-6H3/t11-,12-,13+,14+,15-,16-/m1/s1. The Morgan fingerprint density at radius 3 is 1.17 bits per heavy atom. The van der Waals surface area contributed by atoms with Gasteiger partial charge in [0.2, 0.25) is 16.6 Å². The summed E-state index contributed by atoms with van der Waals surface area (Å²) in [6.45, 7) is 12.0. The van der Waals surface area contributed by atoms with Gasteiger partial charge in [0.15, 0.2) is 0 Å². The Labute approximate surface area is 146 Å². The molecule has 1 fully saturated rings. The summed E-state index contributed by atoms with van der Waals surface area (Å²) in [5.41, 5.74) is 0. The van der Waals surface area contributed by atoms with Crippen LogP contribution in [0, 0.1) is 35.5 Å². The summed E-state index contributed by atoms with van der Waals surface area (Å²) in [6.07, 6.45) is 8.62. The van der Waals surface area contributed by atoms with Crippen LogP contribution in [-0.2, 0) is 18.4 Å². The zero-order valence-corrected chi connectivity index (χ0v) is 17.4. The topological polar surface area (TPSA) is 52.6 Å². The van der Waals surface area contributed by atoms with Gasteiger partial charge >= 0.3 is 0 Å². The maximum absolute atomic E-state index is 12.9. The fraction of sp³-hybridized carbons (Fsp3) is 0.667. The Bertz CT molecular complexity index is 559. The second-order valence-electron chi connectivity index (χ2n) is 9.20. The van der Waals surface area contributed by atoms with Gasteiger partial charge in [0.05, 0.1) is 11.8 Å². The summed E-state index contributed by atoms with van der Waals surface area (Å²) in [4.78, 5) is 25.8. The number of hydrogen-bond acceptors (Lipinski definition) is 4. The number of carbonyl (C=O) groups is 2. The van der Waals surface area contributed by atoms with Crippen molar-refractivity contribution in [1.29, 1.82) is 0 Å². The number of allylic oxidation sites excluding steroid dienone is 4. The highest BCUT2D eigenvalue weighted by Gasteiger charge is 2.58. The third kappa shape index (κ3) is 3.18. The van der Waals surface area contributed by atoms with Crippen LogP contribution < -0.4 is 0 Å². The van der Waals surface area contributed by atoms with Crippen molar-refractivity contribution in [3.63, 3.8) is 0 Å². The number of fused-ring (bicyclic) bond motifs is 1. The van der Waals surface area contributed by atoms with Crippen LogP contribution in [0.3, 0.4) is 0 Å². The van der Waals surface area contributed by atoms with Crippen LogP contribution in [0.2, 0.25) is 39.3 Å². The molecule has 4 aliphatic rings. The van der Waals surface area contributed by atoms with Gasteiger partial charge in [0.25, 0.3) is 11.9 Å². The molecule has 24 heavy (non-hydrogen) atoms. The molecular weight excluding hydrogens is 336 g/mol. The van der Waals surface area contributed by atoms with Crippen molar-refractivity contribution in [3.8, 4) is 0 Å². The van der Waals surface area contributed by atoms with Gasteiger partial charge in [0, 0.05) is 0 Å². The van der Waals surface area contributed by atoms with E-state index < -0.39 is 28.5 Å². The van der Waals surface area contributed by atoms with Crippen LogP contribution >= 0.6 is 0 Å². The molecule has 0 aromatic carbocycles. The molecule has 4 nitrogen and oxygen atoms in total. The van der Waals surface area contributed by atoms with E-state index in [2.05, 4.69) is 24.3 Å². The molecule has 0 N–H and O–H groups in total. The average Bonchev–Trinajstić information content (AvgIpc) is 2.32. The smallest absolute Gasteiger partial charge is 0.297 e. The summed E-state index contributed by atoms with van der Waals surface area (Å²) in [5.74, 6) is -0.343. The van der Waals surface area contributed by atoms with E-state index in [1.54, 1.807) is 0 Å². The predicted octanol–water partition coefficient (Wildman–Crippen LogP) is 3.59. The third-order valence-corrected chi connectivity index (χ3v) is 6.65. The second-order valence-corrected chi connectivity index (χ2v) is 18.1. The molecule has 0 unspecified atom stereocenters. The van der Waals surface area contributed by atoms with Gasteiger partial charge in [-0.15, -0.1) is 0 Å². The summed E-state index contributed by atoms with van der Waals surface area (Å²) in [6, 6.07) is 0. The van der Waals surface area contributed by atoms with E-state index in [4.69, 9.17) is 8.85 Å². The van der Waals surface area contributed by atoms with Crippen molar-refractivity contribution in [2.45, 2.75) is 39.3 Å². The van der Waals surface area contributed by atoms with Gasteiger partial charge < -0.3 is 8.85 Å². The quantitative estimate of drug-likeness (QED) is 0.565. The monoisotopic (exact) mass is 364 g/mol. The van der Waals surface area contributed by atoms with Crippen LogP contribution in [0.5, 0.6) is 0 Å². The predicted molar refractivity (Wildman–Crippen MR) is 98.1 cm³/mol. The van der Waals surface area contributed by atoms with Crippen molar-refractivity contribution >= 4 is 28.6 Å². The molecule has 0 spiro atoms. The van der Waals surface area contributed by atoms with Crippen LogP contribution in [0.15, 0.2) is 24.3 Å². The lowest BCUT2D eigenvalue weighted by Crippen LogP contribution is -2.57. The molecule has 0 saturated heterocycles. The first-order valence-corrected chi connectivity index (χ1v) is 15.6. The fourth-order valence-corrected chi connectivity index (χ4v) is 5.67. The molecule has 6 atom stereocenters. The largest absolute Gasteiger partial charge is 0.520 e. The molecule has 1 saturated carbocycles. The third-order valence-electron chi connectivity index (χ3n) is 5.02. The van der Waals surface area contributed by atoms with Gasteiger partial charge in [-0.25, -0.2) is 0 Å². The van der Waals surface area contributed by atoms with Gasteiger partial charge in [-0.05, 0) is 63.0 Å². The molecule has 0 aliphatic heterocycles. The minimum atomic E-state index is -2.00. The summed E-state index contributed by atoms with van der Waals surface area (Å²) < 4.78 is 11.6. The van der Waals surface area contributed by atoms with Gasteiger partial charge in [-0.1, -0.05) is 24.3 Å². The minimum absolute atomic E-state index is 0.0630. The van der Waals surface area contributed by atoms with Crippen molar-refractivity contribution in [3.05, 3.63) is 24.3 Å². The molecule has 4 rings (SSSR count). The summed E-state index contributed by atoms with van der Waals surface area (Å²) in [5, 5.41) is 0. The lowest BCUT2D eigenvalue weighted by Gasteiger charge is -2.54. The van der Waals surface area contributed by atoms with Crippen molar-refractivity contribution in [2.24, 2.45) is 35.5 Å². The Morgan fingerprint density at radius 1 is 0.625 bits per heavy atom. The van der Waals surface area contributed by atoms with Crippen LogP contribution in [0.1, 0.15) is 0 Å². The van der Waals surface area contributed by atoms with Crippen LogP contribution in [-0.4, -0.2) is 28.6 Å². The zero-order chi connectivity index (χ0) is 17.9. The first-order valence-electron chi connectivity index (χ1n) is 8.80. The average molecular weight is 365 g/mol. The summed E-state index contributed by atoms with van der Waals surface area (Å²) in [7, 11) is -4.00. The lowest BCUT2D eigenvalue weighted by atomic mass is 9.50. The van der Waals surface area contributed by atoms with Crippen molar-refractivity contribution in [2.75, 3.05) is 0 Å². The molecule has 0 heterocycles. The fourth-order valence-electron chi connectivity index (χ4n) is 4.19. The Balaban J connectivity index is 1.91. The number of carbonyl (C=O) groups excluding carboxylic acids is 2. The van der Waals surface area contributed by atoms with Gasteiger partial charge in [0.1, 0.15) is 0 Å². The molecule has 4 aliphatic carbocycles. The van der Waals surface area contributed by atoms with Crippen LogP contribution in [0.4, 0.5) is 0 Å². The number of rotatable bonds is 4. The van der Waals surface area contributed by atoms with Gasteiger partial charge in [-0.3, -0.25) is 9.59 Å². The minimum Gasteiger partial charge on any atom is -0.520 e. The maximum atomic E-state index is 12.9. The first kappa shape index (κ1) is 17.7. The van der Waals surface area contributed by atoms with E-state index in [0.717, 1.165) is 0 Å². The highest BCUT2D eigenvalue weighted by molar-refractivity contribution is 6.71. The molecular formula is C18H28O4Si2. The molecule has 6 heteroatoms. The molecule has 132 valence electrons. The second kappa shape index (κ2) is 5.69. The molecule has 0 aromatic rings. The highest BCUT2D eigenvalue weighted by Crippen LogP contribution is 2.56. The molecule has 2 bridgehead atoms. The molecule has 0 aromatic heterocycles. The van der Waals surface area contributed by atoms with E-state index >= 15 is 0 Å². The highest BCUT2D eigenvalue weighted by atomic mass is 28.4. The van der Waals surface area contributed by atoms with Crippen molar-refractivity contribution < 1.29 is 18.4 Å². The maximum Gasteiger partial charge on any atom is 0.297 e.